The van der Waals surface area contributed by atoms with Crippen LogP contribution in [0.2, 0.25) is 0 Å². The summed E-state index contributed by atoms with van der Waals surface area (Å²) in [5.74, 6) is 0.578. The first-order valence-electron chi connectivity index (χ1n) is 4.89. The van der Waals surface area contributed by atoms with Gasteiger partial charge in [-0.2, -0.15) is 0 Å². The molecule has 2 N–H and O–H groups in total. The highest BCUT2D eigenvalue weighted by Gasteiger charge is 2.18. The number of nitrogens with two attached hydrogens (primary N) is 1. The minimum Gasteiger partial charge on any atom is -0.493 e. The van der Waals surface area contributed by atoms with Crippen molar-refractivity contribution in [1.82, 2.24) is 0 Å². The fourth-order valence-corrected chi connectivity index (χ4v) is 1.81. The zero-order chi connectivity index (χ0) is 10.1. The van der Waals surface area contributed by atoms with Crippen LogP contribution in [0.4, 0.5) is 4.39 Å². The van der Waals surface area contributed by atoms with Gasteiger partial charge in [0.25, 0.3) is 0 Å². The molecule has 0 fully saturated rings. The first-order valence-corrected chi connectivity index (χ1v) is 4.89. The Balaban J connectivity index is 2.52. The van der Waals surface area contributed by atoms with E-state index in [2.05, 4.69) is 0 Å². The number of rotatable bonds is 1. The molecule has 1 atom stereocenters. The Labute approximate surface area is 82.9 Å². The van der Waals surface area contributed by atoms with Gasteiger partial charge in [-0.3, -0.25) is 0 Å². The zero-order valence-corrected chi connectivity index (χ0v) is 8.22. The van der Waals surface area contributed by atoms with Gasteiger partial charge in [0.2, 0.25) is 0 Å². The van der Waals surface area contributed by atoms with E-state index in [1.807, 2.05) is 6.92 Å². The van der Waals surface area contributed by atoms with Crippen molar-refractivity contribution >= 4 is 0 Å². The lowest BCUT2D eigenvalue weighted by Crippen LogP contribution is -2.15. The van der Waals surface area contributed by atoms with E-state index < -0.39 is 0 Å². The Morgan fingerprint density at radius 3 is 3.00 bits per heavy atom. The molecule has 1 aliphatic heterocycles. The lowest BCUT2D eigenvalue weighted by atomic mass is 9.99. The second-order valence-corrected chi connectivity index (χ2v) is 3.72. The van der Waals surface area contributed by atoms with Crippen molar-refractivity contribution < 1.29 is 9.13 Å². The Morgan fingerprint density at radius 2 is 2.29 bits per heavy atom. The van der Waals surface area contributed by atoms with Crippen LogP contribution in [0.3, 0.4) is 0 Å². The largest absolute Gasteiger partial charge is 0.493 e. The number of ether oxygens (including phenoxy) is 1. The van der Waals surface area contributed by atoms with Gasteiger partial charge in [0, 0.05) is 11.6 Å². The molecule has 0 spiro atoms. The molecule has 76 valence electrons. The Morgan fingerprint density at radius 1 is 1.50 bits per heavy atom. The summed E-state index contributed by atoms with van der Waals surface area (Å²) in [4.78, 5) is 0. The van der Waals surface area contributed by atoms with Crippen LogP contribution in [0.15, 0.2) is 12.1 Å². The SMILES string of the molecule is C[C@H](N)c1cc(F)cc2c1OCCC2. The summed E-state index contributed by atoms with van der Waals surface area (Å²) in [7, 11) is 0. The Hall–Kier alpha value is -1.09. The standard InChI is InChI=1S/C11H14FNO/c1-7(13)10-6-9(12)5-8-3-2-4-14-11(8)10/h5-7H,2-4,13H2,1H3/t7-/m0/s1. The third-order valence-corrected chi connectivity index (χ3v) is 2.49. The summed E-state index contributed by atoms with van der Waals surface area (Å²) in [6.07, 6.45) is 1.83. The molecular weight excluding hydrogens is 181 g/mol. The van der Waals surface area contributed by atoms with Crippen LogP contribution in [0.5, 0.6) is 5.75 Å². The van der Waals surface area contributed by atoms with E-state index >= 15 is 0 Å². The molecule has 0 unspecified atom stereocenters. The minimum absolute atomic E-state index is 0.183. The van der Waals surface area contributed by atoms with Crippen LogP contribution < -0.4 is 10.5 Å². The number of hydrogen-bond donors (Lipinski definition) is 1. The van der Waals surface area contributed by atoms with Gasteiger partial charge in [-0.15, -0.1) is 0 Å². The molecule has 0 aliphatic carbocycles. The van der Waals surface area contributed by atoms with Crippen LogP contribution in [0, 0.1) is 5.82 Å². The van der Waals surface area contributed by atoms with Crippen LogP contribution in [-0.4, -0.2) is 6.61 Å². The molecule has 2 nitrogen and oxygen atoms in total. The van der Waals surface area contributed by atoms with Crippen molar-refractivity contribution in [2.24, 2.45) is 5.73 Å². The summed E-state index contributed by atoms with van der Waals surface area (Å²) in [5, 5.41) is 0. The average Bonchev–Trinajstić information content (AvgIpc) is 2.16. The molecule has 1 heterocycles. The van der Waals surface area contributed by atoms with Crippen molar-refractivity contribution in [3.8, 4) is 5.75 Å². The van der Waals surface area contributed by atoms with Crippen LogP contribution in [-0.2, 0) is 6.42 Å². The van der Waals surface area contributed by atoms with Crippen molar-refractivity contribution in [1.29, 1.82) is 0 Å². The normalized spacial score (nSPS) is 17.1. The molecule has 0 saturated heterocycles. The third kappa shape index (κ3) is 1.60. The van der Waals surface area contributed by atoms with E-state index in [0.29, 0.717) is 6.61 Å². The van der Waals surface area contributed by atoms with Gasteiger partial charge in [-0.05, 0) is 37.5 Å². The van der Waals surface area contributed by atoms with Gasteiger partial charge in [0.15, 0.2) is 0 Å². The first-order chi connectivity index (χ1) is 6.68. The van der Waals surface area contributed by atoms with Gasteiger partial charge in [0.1, 0.15) is 11.6 Å². The zero-order valence-electron chi connectivity index (χ0n) is 8.22. The smallest absolute Gasteiger partial charge is 0.127 e. The third-order valence-electron chi connectivity index (χ3n) is 2.49. The molecule has 3 heteroatoms. The van der Waals surface area contributed by atoms with E-state index in [1.165, 1.54) is 6.07 Å². The van der Waals surface area contributed by atoms with Crippen LogP contribution >= 0.6 is 0 Å². The number of fused-ring (bicyclic) bond motifs is 1. The van der Waals surface area contributed by atoms with Crippen molar-refractivity contribution in [2.75, 3.05) is 6.61 Å². The number of hydrogen-bond acceptors (Lipinski definition) is 2. The molecule has 1 aliphatic rings. The van der Waals surface area contributed by atoms with E-state index in [1.54, 1.807) is 6.07 Å². The summed E-state index contributed by atoms with van der Waals surface area (Å²) < 4.78 is 18.7. The monoisotopic (exact) mass is 195 g/mol. The maximum Gasteiger partial charge on any atom is 0.127 e. The summed E-state index contributed by atoms with van der Waals surface area (Å²) in [5.41, 5.74) is 7.49. The van der Waals surface area contributed by atoms with Gasteiger partial charge in [0.05, 0.1) is 6.61 Å². The van der Waals surface area contributed by atoms with Crippen LogP contribution in [0.1, 0.15) is 30.5 Å². The summed E-state index contributed by atoms with van der Waals surface area (Å²) in [6.45, 7) is 2.55. The molecule has 0 saturated carbocycles. The van der Waals surface area contributed by atoms with E-state index in [9.17, 15) is 4.39 Å². The maximum absolute atomic E-state index is 13.2. The molecule has 0 amide bonds. The van der Waals surface area contributed by atoms with Crippen molar-refractivity contribution in [2.45, 2.75) is 25.8 Å². The number of aryl methyl sites for hydroxylation is 1. The van der Waals surface area contributed by atoms with Gasteiger partial charge >= 0.3 is 0 Å². The van der Waals surface area contributed by atoms with Crippen molar-refractivity contribution in [3.63, 3.8) is 0 Å². The average molecular weight is 195 g/mol. The molecule has 0 bridgehead atoms. The van der Waals surface area contributed by atoms with E-state index in [0.717, 1.165) is 29.7 Å². The lowest BCUT2D eigenvalue weighted by molar-refractivity contribution is 0.283. The van der Waals surface area contributed by atoms with Gasteiger partial charge in [-0.25, -0.2) is 4.39 Å². The quantitative estimate of drug-likeness (QED) is 0.745. The fourth-order valence-electron chi connectivity index (χ4n) is 1.81. The maximum atomic E-state index is 13.2. The Bertz CT molecular complexity index is 349. The molecule has 1 aromatic carbocycles. The predicted molar refractivity (Wildman–Crippen MR) is 52.8 cm³/mol. The van der Waals surface area contributed by atoms with E-state index in [-0.39, 0.29) is 11.9 Å². The second-order valence-electron chi connectivity index (χ2n) is 3.72. The molecule has 0 aromatic heterocycles. The number of benzene rings is 1. The summed E-state index contributed by atoms with van der Waals surface area (Å²) >= 11 is 0. The summed E-state index contributed by atoms with van der Waals surface area (Å²) in [6, 6.07) is 2.83. The Kier molecular flexibility index (Phi) is 2.42. The minimum atomic E-state index is -0.221. The highest BCUT2D eigenvalue weighted by Crippen LogP contribution is 2.32. The molecule has 2 rings (SSSR count). The molecular formula is C11H14FNO. The highest BCUT2D eigenvalue weighted by molar-refractivity contribution is 5.44. The molecule has 0 radical (unpaired) electrons. The topological polar surface area (TPSA) is 35.2 Å². The van der Waals surface area contributed by atoms with Gasteiger partial charge in [-0.1, -0.05) is 0 Å². The predicted octanol–water partition coefficient (Wildman–Crippen LogP) is 2.17. The van der Waals surface area contributed by atoms with Crippen molar-refractivity contribution in [3.05, 3.63) is 29.1 Å². The van der Waals surface area contributed by atoms with Crippen LogP contribution in [0.25, 0.3) is 0 Å². The molecule has 1 aromatic rings. The lowest BCUT2D eigenvalue weighted by Gasteiger charge is -2.22. The highest BCUT2D eigenvalue weighted by atomic mass is 19.1. The fraction of sp³-hybridized carbons (Fsp3) is 0.455. The number of halogens is 1. The first kappa shape index (κ1) is 9.46. The second kappa shape index (κ2) is 3.58. The van der Waals surface area contributed by atoms with Gasteiger partial charge < -0.3 is 10.5 Å². The molecule has 14 heavy (non-hydrogen) atoms. The van der Waals surface area contributed by atoms with E-state index in [4.69, 9.17) is 10.5 Å².